The third-order valence-electron chi connectivity index (χ3n) is 4.68. The average Bonchev–Trinajstić information content (AvgIpc) is 3.05. The van der Waals surface area contributed by atoms with Gasteiger partial charge in [0.05, 0.1) is 29.7 Å². The lowest BCUT2D eigenvalue weighted by molar-refractivity contribution is 0.101. The second-order valence-electron chi connectivity index (χ2n) is 6.64. The number of methoxy groups -OCH3 is 1. The number of anilines is 1. The van der Waals surface area contributed by atoms with E-state index in [2.05, 4.69) is 20.6 Å². The lowest BCUT2D eigenvalue weighted by Crippen LogP contribution is -2.19. The SMILES string of the molecule is COc1ccc(Cl)cc1NC(=O)c1nnc2c(-c3cccc(Cl)c3)c(C)nn2c1C. The van der Waals surface area contributed by atoms with Crippen molar-refractivity contribution in [1.29, 1.82) is 0 Å². The first-order valence-corrected chi connectivity index (χ1v) is 9.78. The molecule has 0 aliphatic carbocycles. The summed E-state index contributed by atoms with van der Waals surface area (Å²) in [7, 11) is 1.51. The Morgan fingerprint density at radius 2 is 1.83 bits per heavy atom. The van der Waals surface area contributed by atoms with Crippen molar-refractivity contribution in [2.45, 2.75) is 13.8 Å². The second kappa shape index (κ2) is 7.93. The first-order valence-electron chi connectivity index (χ1n) is 9.02. The van der Waals surface area contributed by atoms with Crippen molar-refractivity contribution in [3.05, 3.63) is 69.6 Å². The molecule has 0 bridgehead atoms. The van der Waals surface area contributed by atoms with Crippen LogP contribution < -0.4 is 10.1 Å². The van der Waals surface area contributed by atoms with Crippen LogP contribution in [0.3, 0.4) is 0 Å². The summed E-state index contributed by atoms with van der Waals surface area (Å²) in [6, 6.07) is 12.4. The van der Waals surface area contributed by atoms with E-state index in [1.165, 1.54) is 7.11 Å². The Morgan fingerprint density at radius 3 is 2.57 bits per heavy atom. The summed E-state index contributed by atoms with van der Waals surface area (Å²) in [5.74, 6) is 0.0394. The Bertz CT molecular complexity index is 1290. The molecule has 4 aromatic rings. The van der Waals surface area contributed by atoms with Crippen LogP contribution in [0.1, 0.15) is 21.9 Å². The van der Waals surface area contributed by atoms with Gasteiger partial charge in [0.15, 0.2) is 11.3 Å². The lowest BCUT2D eigenvalue weighted by Gasteiger charge is -2.11. The second-order valence-corrected chi connectivity index (χ2v) is 7.51. The zero-order valence-corrected chi connectivity index (χ0v) is 17.9. The van der Waals surface area contributed by atoms with Crippen molar-refractivity contribution < 1.29 is 9.53 Å². The number of aryl methyl sites for hydroxylation is 2. The largest absolute Gasteiger partial charge is 0.495 e. The number of nitrogens with one attached hydrogen (secondary N) is 1. The van der Waals surface area contributed by atoms with E-state index in [1.54, 1.807) is 35.7 Å². The Kier molecular flexibility index (Phi) is 5.32. The standard InChI is InChI=1S/C21H17Cl2N5O2/c1-11-18(13-5-4-6-14(22)9-13)20-26-25-19(12(2)28(20)27-11)21(29)24-16-10-15(23)7-8-17(16)30-3/h4-10H,1-3H3,(H,24,29). The molecule has 0 saturated heterocycles. The van der Waals surface area contributed by atoms with Gasteiger partial charge in [0, 0.05) is 10.0 Å². The number of ether oxygens (including phenoxy) is 1. The number of nitrogens with zero attached hydrogens (tertiary/aromatic N) is 4. The Morgan fingerprint density at radius 1 is 1.07 bits per heavy atom. The number of hydrogen-bond donors (Lipinski definition) is 1. The van der Waals surface area contributed by atoms with Gasteiger partial charge in [-0.25, -0.2) is 4.52 Å². The summed E-state index contributed by atoms with van der Waals surface area (Å²) in [5, 5.41) is 16.9. The summed E-state index contributed by atoms with van der Waals surface area (Å²) < 4.78 is 6.89. The molecule has 0 unspecified atom stereocenters. The van der Waals surface area contributed by atoms with Gasteiger partial charge in [-0.3, -0.25) is 4.79 Å². The third-order valence-corrected chi connectivity index (χ3v) is 5.15. The molecule has 0 fully saturated rings. The van der Waals surface area contributed by atoms with E-state index >= 15 is 0 Å². The van der Waals surface area contributed by atoms with Crippen LogP contribution >= 0.6 is 23.2 Å². The van der Waals surface area contributed by atoms with E-state index in [9.17, 15) is 4.79 Å². The van der Waals surface area contributed by atoms with Gasteiger partial charge < -0.3 is 10.1 Å². The number of benzene rings is 2. The van der Waals surface area contributed by atoms with Gasteiger partial charge in [0.1, 0.15) is 5.75 Å². The van der Waals surface area contributed by atoms with Crippen LogP contribution in [-0.4, -0.2) is 32.8 Å². The summed E-state index contributed by atoms with van der Waals surface area (Å²) in [6.07, 6.45) is 0. The van der Waals surface area contributed by atoms with E-state index in [0.29, 0.717) is 32.8 Å². The fraction of sp³-hybridized carbons (Fsp3) is 0.143. The number of hydrogen-bond acceptors (Lipinski definition) is 5. The van der Waals surface area contributed by atoms with Gasteiger partial charge >= 0.3 is 0 Å². The quantitative estimate of drug-likeness (QED) is 0.482. The fourth-order valence-electron chi connectivity index (χ4n) is 3.26. The molecule has 2 aromatic heterocycles. The number of fused-ring (bicyclic) bond motifs is 1. The van der Waals surface area contributed by atoms with E-state index in [1.807, 2.05) is 25.1 Å². The van der Waals surface area contributed by atoms with Gasteiger partial charge in [-0.2, -0.15) is 5.10 Å². The molecule has 30 heavy (non-hydrogen) atoms. The number of halogens is 2. The summed E-state index contributed by atoms with van der Waals surface area (Å²) in [5.41, 5.74) is 4.13. The molecule has 0 aliphatic rings. The molecule has 0 spiro atoms. The molecule has 0 atom stereocenters. The first kappa shape index (κ1) is 20.1. The van der Waals surface area contributed by atoms with Crippen LogP contribution in [0.25, 0.3) is 16.8 Å². The first-order chi connectivity index (χ1) is 14.4. The average molecular weight is 442 g/mol. The number of carbonyl (C=O) groups is 1. The van der Waals surface area contributed by atoms with Crippen molar-refractivity contribution in [1.82, 2.24) is 19.8 Å². The molecule has 0 radical (unpaired) electrons. The molecular weight excluding hydrogens is 425 g/mol. The molecule has 1 N–H and O–H groups in total. The highest BCUT2D eigenvalue weighted by atomic mass is 35.5. The Balaban J connectivity index is 1.76. The van der Waals surface area contributed by atoms with Gasteiger partial charge in [0.2, 0.25) is 0 Å². The number of aromatic nitrogens is 4. The molecule has 2 heterocycles. The fourth-order valence-corrected chi connectivity index (χ4v) is 3.62. The Hall–Kier alpha value is -3.16. The molecule has 4 rings (SSSR count). The van der Waals surface area contributed by atoms with Crippen LogP contribution in [0, 0.1) is 13.8 Å². The number of amides is 1. The minimum Gasteiger partial charge on any atom is -0.495 e. The zero-order chi connectivity index (χ0) is 21.4. The molecule has 2 aromatic carbocycles. The third kappa shape index (κ3) is 3.58. The lowest BCUT2D eigenvalue weighted by atomic mass is 10.1. The maximum atomic E-state index is 12.9. The molecular formula is C21H17Cl2N5O2. The van der Waals surface area contributed by atoms with Crippen LogP contribution in [0.4, 0.5) is 5.69 Å². The topological polar surface area (TPSA) is 81.4 Å². The van der Waals surface area contributed by atoms with E-state index < -0.39 is 5.91 Å². The van der Waals surface area contributed by atoms with E-state index in [0.717, 1.165) is 16.8 Å². The molecule has 1 amide bonds. The van der Waals surface area contributed by atoms with Crippen molar-refractivity contribution in [3.8, 4) is 16.9 Å². The van der Waals surface area contributed by atoms with E-state index in [4.69, 9.17) is 27.9 Å². The van der Waals surface area contributed by atoms with Crippen LogP contribution in [0.5, 0.6) is 5.75 Å². The monoisotopic (exact) mass is 441 g/mol. The minimum absolute atomic E-state index is 0.143. The highest BCUT2D eigenvalue weighted by Gasteiger charge is 2.21. The summed E-state index contributed by atoms with van der Waals surface area (Å²) in [4.78, 5) is 12.9. The minimum atomic E-state index is -0.445. The van der Waals surface area contributed by atoms with Gasteiger partial charge in [-0.1, -0.05) is 35.3 Å². The maximum absolute atomic E-state index is 12.9. The highest BCUT2D eigenvalue weighted by molar-refractivity contribution is 6.31. The van der Waals surface area contributed by atoms with Gasteiger partial charge in [-0.05, 0) is 49.7 Å². The molecule has 9 heteroatoms. The summed E-state index contributed by atoms with van der Waals surface area (Å²) >= 11 is 12.2. The number of rotatable bonds is 4. The molecule has 0 saturated carbocycles. The predicted octanol–water partition coefficient (Wildman–Crippen LogP) is 4.98. The van der Waals surface area contributed by atoms with Crippen molar-refractivity contribution in [2.24, 2.45) is 0 Å². The van der Waals surface area contributed by atoms with Crippen molar-refractivity contribution in [2.75, 3.05) is 12.4 Å². The van der Waals surface area contributed by atoms with Crippen molar-refractivity contribution in [3.63, 3.8) is 0 Å². The highest BCUT2D eigenvalue weighted by Crippen LogP contribution is 2.30. The molecule has 0 aliphatic heterocycles. The van der Waals surface area contributed by atoms with Crippen LogP contribution in [-0.2, 0) is 0 Å². The normalized spacial score (nSPS) is 11.0. The molecule has 152 valence electrons. The predicted molar refractivity (Wildman–Crippen MR) is 117 cm³/mol. The number of carbonyl (C=O) groups excluding carboxylic acids is 1. The van der Waals surface area contributed by atoms with Crippen LogP contribution in [0.2, 0.25) is 10.0 Å². The van der Waals surface area contributed by atoms with E-state index in [-0.39, 0.29) is 5.69 Å². The van der Waals surface area contributed by atoms with Crippen molar-refractivity contribution >= 4 is 40.4 Å². The zero-order valence-electron chi connectivity index (χ0n) is 16.4. The smallest absolute Gasteiger partial charge is 0.278 e. The maximum Gasteiger partial charge on any atom is 0.278 e. The Labute approximate surface area is 182 Å². The van der Waals surface area contributed by atoms with Gasteiger partial charge in [-0.15, -0.1) is 10.2 Å². The van der Waals surface area contributed by atoms with Crippen LogP contribution in [0.15, 0.2) is 42.5 Å². The summed E-state index contributed by atoms with van der Waals surface area (Å²) in [6.45, 7) is 3.64. The van der Waals surface area contributed by atoms with Gasteiger partial charge in [0.25, 0.3) is 5.91 Å². The molecule has 7 nitrogen and oxygen atoms in total.